The summed E-state index contributed by atoms with van der Waals surface area (Å²) in [6, 6.07) is 46.9. The van der Waals surface area contributed by atoms with Crippen molar-refractivity contribution >= 4 is 44.7 Å². The van der Waals surface area contributed by atoms with Crippen LogP contribution in [0.25, 0.3) is 61.5 Å². The highest BCUT2D eigenvalue weighted by Crippen LogP contribution is 2.47. The topological polar surface area (TPSA) is 4.93 Å². The van der Waals surface area contributed by atoms with E-state index in [0.29, 0.717) is 11.8 Å². The molecule has 0 radical (unpaired) electrons. The summed E-state index contributed by atoms with van der Waals surface area (Å²) in [7, 11) is 0. The number of benzene rings is 6. The van der Waals surface area contributed by atoms with Crippen molar-refractivity contribution in [2.75, 3.05) is 0 Å². The number of allylic oxidation sites excluding steroid dienone is 2. The lowest BCUT2D eigenvalue weighted by Gasteiger charge is -2.33. The number of aromatic nitrogens is 1. The van der Waals surface area contributed by atoms with E-state index >= 15 is 0 Å². The van der Waals surface area contributed by atoms with Crippen LogP contribution >= 0.6 is 0 Å². The van der Waals surface area contributed by atoms with Gasteiger partial charge < -0.3 is 4.57 Å². The van der Waals surface area contributed by atoms with Crippen LogP contribution in [0.1, 0.15) is 34.1 Å². The third-order valence-corrected chi connectivity index (χ3v) is 9.15. The van der Waals surface area contributed by atoms with Gasteiger partial charge in [0.25, 0.3) is 0 Å². The van der Waals surface area contributed by atoms with Crippen LogP contribution in [0.4, 0.5) is 0 Å². The van der Waals surface area contributed by atoms with Crippen molar-refractivity contribution in [3.8, 4) is 16.8 Å². The first-order valence-corrected chi connectivity index (χ1v) is 14.4. The van der Waals surface area contributed by atoms with Crippen molar-refractivity contribution in [1.29, 1.82) is 0 Å². The van der Waals surface area contributed by atoms with Gasteiger partial charge >= 0.3 is 0 Å². The second kappa shape index (κ2) is 8.68. The van der Waals surface area contributed by atoms with Gasteiger partial charge in [-0.05, 0) is 80.6 Å². The third kappa shape index (κ3) is 3.42. The Morgan fingerprint density at radius 3 is 1.73 bits per heavy atom. The van der Waals surface area contributed by atoms with Gasteiger partial charge in [-0.15, -0.1) is 0 Å². The first-order valence-electron chi connectivity index (χ1n) is 14.4. The molecule has 1 aromatic heterocycles. The van der Waals surface area contributed by atoms with Crippen LogP contribution < -0.4 is 0 Å². The summed E-state index contributed by atoms with van der Waals surface area (Å²) in [4.78, 5) is 0. The molecule has 0 N–H and O–H groups in total. The highest BCUT2D eigenvalue weighted by molar-refractivity contribution is 6.09. The molecule has 41 heavy (non-hydrogen) atoms. The fourth-order valence-corrected chi connectivity index (χ4v) is 7.15. The van der Waals surface area contributed by atoms with Crippen molar-refractivity contribution in [3.63, 3.8) is 0 Å². The van der Waals surface area contributed by atoms with E-state index in [0.717, 1.165) is 0 Å². The average molecular weight is 522 g/mol. The van der Waals surface area contributed by atoms with Gasteiger partial charge in [0.15, 0.2) is 0 Å². The molecule has 0 saturated heterocycles. The maximum Gasteiger partial charge on any atom is 0.0541 e. The second-order valence-corrected chi connectivity index (χ2v) is 11.4. The minimum Gasteiger partial charge on any atom is -0.309 e. The molecule has 1 nitrogen and oxygen atoms in total. The zero-order valence-electron chi connectivity index (χ0n) is 22.5. The quantitative estimate of drug-likeness (QED) is 0.213. The molecule has 1 heteroatoms. The molecule has 9 rings (SSSR count). The molecule has 6 aromatic carbocycles. The van der Waals surface area contributed by atoms with Gasteiger partial charge in [-0.25, -0.2) is 0 Å². The SMILES string of the molecule is C1=CC2c3cc(-n4c5ccccc5c5ccccc54)ccc3C=CC2c2cc(-c3ccc4ccccc4c3)ccc21. The minimum absolute atomic E-state index is 0.308. The Morgan fingerprint density at radius 2 is 1.00 bits per heavy atom. The van der Waals surface area contributed by atoms with Crippen molar-refractivity contribution in [2.45, 2.75) is 11.8 Å². The average Bonchev–Trinajstić information content (AvgIpc) is 3.38. The smallest absolute Gasteiger partial charge is 0.0541 e. The maximum absolute atomic E-state index is 2.43. The molecule has 192 valence electrons. The number of hydrogen-bond donors (Lipinski definition) is 0. The van der Waals surface area contributed by atoms with Crippen LogP contribution in [0.2, 0.25) is 0 Å². The molecule has 2 atom stereocenters. The van der Waals surface area contributed by atoms with E-state index in [1.807, 2.05) is 0 Å². The summed E-state index contributed by atoms with van der Waals surface area (Å²) in [5.74, 6) is 0.624. The van der Waals surface area contributed by atoms with Crippen LogP contribution in [-0.4, -0.2) is 4.57 Å². The zero-order chi connectivity index (χ0) is 26.9. The van der Waals surface area contributed by atoms with E-state index in [1.165, 1.54) is 71.6 Å². The number of hydrogen-bond acceptors (Lipinski definition) is 0. The molecule has 2 aliphatic carbocycles. The molecule has 7 aromatic rings. The second-order valence-electron chi connectivity index (χ2n) is 11.4. The Kier molecular flexibility index (Phi) is 4.80. The first-order chi connectivity index (χ1) is 20.3. The van der Waals surface area contributed by atoms with Gasteiger partial charge in [0, 0.05) is 28.3 Å². The zero-order valence-corrected chi connectivity index (χ0v) is 22.5. The van der Waals surface area contributed by atoms with E-state index in [9.17, 15) is 0 Å². The van der Waals surface area contributed by atoms with Crippen molar-refractivity contribution < 1.29 is 0 Å². The minimum atomic E-state index is 0.308. The van der Waals surface area contributed by atoms with Crippen LogP contribution in [0.15, 0.2) is 140 Å². The Hall–Kier alpha value is -5.14. The van der Waals surface area contributed by atoms with Crippen molar-refractivity contribution in [1.82, 2.24) is 4.57 Å². The van der Waals surface area contributed by atoms with Crippen LogP contribution in [0.3, 0.4) is 0 Å². The number of para-hydroxylation sites is 2. The highest BCUT2D eigenvalue weighted by Gasteiger charge is 2.30. The molecule has 0 fully saturated rings. The first kappa shape index (κ1) is 22.7. The Balaban J connectivity index is 1.16. The molecule has 0 spiro atoms. The van der Waals surface area contributed by atoms with Crippen molar-refractivity contribution in [2.24, 2.45) is 0 Å². The summed E-state index contributed by atoms with van der Waals surface area (Å²) in [5.41, 5.74) is 11.7. The highest BCUT2D eigenvalue weighted by atomic mass is 15.0. The van der Waals surface area contributed by atoms with E-state index < -0.39 is 0 Å². The molecule has 1 heterocycles. The molecule has 2 unspecified atom stereocenters. The number of rotatable bonds is 2. The predicted octanol–water partition coefficient (Wildman–Crippen LogP) is 10.5. The fraction of sp³-hybridized carbons (Fsp3) is 0.0500. The molecule has 0 bridgehead atoms. The molecular formula is C40H27N. The summed E-state index contributed by atoms with van der Waals surface area (Å²) in [5, 5.41) is 5.16. The van der Waals surface area contributed by atoms with Gasteiger partial charge in [-0.1, -0.05) is 115 Å². The summed E-state index contributed by atoms with van der Waals surface area (Å²) >= 11 is 0. The third-order valence-electron chi connectivity index (χ3n) is 9.15. The molecule has 2 aliphatic rings. The lowest BCUT2D eigenvalue weighted by Crippen LogP contribution is -2.16. The van der Waals surface area contributed by atoms with Gasteiger partial charge in [0.2, 0.25) is 0 Å². The van der Waals surface area contributed by atoms with E-state index in [-0.39, 0.29) is 0 Å². The maximum atomic E-state index is 2.43. The van der Waals surface area contributed by atoms with E-state index in [1.54, 1.807) is 0 Å². The lowest BCUT2D eigenvalue weighted by molar-refractivity contribution is 0.722. The molecule has 0 amide bonds. The predicted molar refractivity (Wildman–Crippen MR) is 174 cm³/mol. The van der Waals surface area contributed by atoms with Gasteiger partial charge in [0.05, 0.1) is 11.0 Å². The van der Waals surface area contributed by atoms with Crippen molar-refractivity contribution in [3.05, 3.63) is 162 Å². The molecule has 0 saturated carbocycles. The van der Waals surface area contributed by atoms with Gasteiger partial charge in [0.1, 0.15) is 0 Å². The fourth-order valence-electron chi connectivity index (χ4n) is 7.15. The van der Waals surface area contributed by atoms with Crippen LogP contribution in [0, 0.1) is 0 Å². The Bertz CT molecular complexity index is 2170. The largest absolute Gasteiger partial charge is 0.309 e. The lowest BCUT2D eigenvalue weighted by atomic mass is 9.71. The Morgan fingerprint density at radius 1 is 0.439 bits per heavy atom. The number of fused-ring (bicyclic) bond motifs is 9. The Labute approximate surface area is 239 Å². The van der Waals surface area contributed by atoms with Gasteiger partial charge in [-0.2, -0.15) is 0 Å². The van der Waals surface area contributed by atoms with Crippen LogP contribution in [0.5, 0.6) is 0 Å². The summed E-state index contributed by atoms with van der Waals surface area (Å²) in [6.07, 6.45) is 9.49. The standard InChI is InChI=1S/C40H27N/c1-2-8-29-23-30(15-13-26(29)7-1)31-16-14-27-18-22-34-33(37(27)24-31)21-19-28-17-20-32(25-38(28)34)41-39-11-5-3-9-35(39)36-10-4-6-12-40(36)41/h1-25,33-34H. The normalized spacial score (nSPS) is 17.1. The molecule has 0 aliphatic heterocycles. The summed E-state index contributed by atoms with van der Waals surface area (Å²) < 4.78 is 2.43. The van der Waals surface area contributed by atoms with E-state index in [2.05, 4.69) is 156 Å². The van der Waals surface area contributed by atoms with E-state index in [4.69, 9.17) is 0 Å². The monoisotopic (exact) mass is 521 g/mol. The van der Waals surface area contributed by atoms with Crippen LogP contribution in [-0.2, 0) is 0 Å². The number of nitrogens with zero attached hydrogens (tertiary/aromatic N) is 1. The molecular weight excluding hydrogens is 494 g/mol. The van der Waals surface area contributed by atoms with Gasteiger partial charge in [-0.3, -0.25) is 0 Å². The summed E-state index contributed by atoms with van der Waals surface area (Å²) in [6.45, 7) is 0.